The first-order valence-corrected chi connectivity index (χ1v) is 9.78. The Hall–Kier alpha value is -1.94. The molecule has 1 fully saturated rings. The van der Waals surface area contributed by atoms with Gasteiger partial charge in [0, 0.05) is 26.2 Å². The molecule has 1 saturated heterocycles. The van der Waals surface area contributed by atoms with Crippen LogP contribution in [-0.4, -0.2) is 75.8 Å². The minimum Gasteiger partial charge on any atom is -0.480 e. The summed E-state index contributed by atoms with van der Waals surface area (Å²) < 4.78 is 26.7. The van der Waals surface area contributed by atoms with Gasteiger partial charge in [-0.3, -0.25) is 14.3 Å². The fraction of sp³-hybridized carbons (Fsp3) is 0.667. The summed E-state index contributed by atoms with van der Waals surface area (Å²) in [5.74, 6) is -1.47. The van der Waals surface area contributed by atoms with E-state index in [9.17, 15) is 23.1 Å². The molecule has 0 bridgehead atoms. The topological polar surface area (TPSA) is 113 Å². The lowest BCUT2D eigenvalue weighted by molar-refractivity contribution is -0.138. The Balaban J connectivity index is 2.18. The number of carboxylic acids is 1. The zero-order valence-corrected chi connectivity index (χ0v) is 15.5. The minimum absolute atomic E-state index is 0.0315. The van der Waals surface area contributed by atoms with Gasteiger partial charge in [-0.2, -0.15) is 5.10 Å². The van der Waals surface area contributed by atoms with Crippen molar-refractivity contribution in [2.75, 3.05) is 25.4 Å². The van der Waals surface area contributed by atoms with Crippen molar-refractivity contribution in [3.8, 4) is 0 Å². The number of carbonyl (C=O) groups excluding carboxylic acids is 1. The number of piperidine rings is 1. The molecule has 0 aromatic carbocycles. The van der Waals surface area contributed by atoms with Crippen LogP contribution in [0.1, 0.15) is 35.9 Å². The van der Waals surface area contributed by atoms with E-state index >= 15 is 0 Å². The second kappa shape index (κ2) is 7.52. The van der Waals surface area contributed by atoms with Gasteiger partial charge in [-0.05, 0) is 32.8 Å². The lowest BCUT2D eigenvalue weighted by Crippen LogP contribution is -2.50. The maximum absolute atomic E-state index is 12.8. The summed E-state index contributed by atoms with van der Waals surface area (Å²) in [6, 6.07) is 1.30. The van der Waals surface area contributed by atoms with Gasteiger partial charge in [0.05, 0.1) is 11.4 Å². The van der Waals surface area contributed by atoms with E-state index in [2.05, 4.69) is 5.10 Å². The van der Waals surface area contributed by atoms with Crippen LogP contribution >= 0.6 is 0 Å². The zero-order chi connectivity index (χ0) is 18.8. The number of aliphatic carboxylic acids is 1. The lowest BCUT2D eigenvalue weighted by Gasteiger charge is -2.37. The Morgan fingerprint density at radius 1 is 1.36 bits per heavy atom. The molecular formula is C15H24N4O5S. The minimum atomic E-state index is -3.27. The summed E-state index contributed by atoms with van der Waals surface area (Å²) >= 11 is 0. The molecule has 2 heterocycles. The van der Waals surface area contributed by atoms with Crippen molar-refractivity contribution in [1.29, 1.82) is 0 Å². The molecule has 0 unspecified atom stereocenters. The maximum Gasteiger partial charge on any atom is 0.323 e. The molecule has 1 N–H and O–H groups in total. The van der Waals surface area contributed by atoms with Crippen LogP contribution in [0.5, 0.6) is 0 Å². The summed E-state index contributed by atoms with van der Waals surface area (Å²) in [4.78, 5) is 25.4. The summed E-state index contributed by atoms with van der Waals surface area (Å²) in [5, 5.41) is 13.3. The second-order valence-electron chi connectivity index (χ2n) is 6.15. The molecule has 9 nitrogen and oxygen atoms in total. The van der Waals surface area contributed by atoms with Crippen molar-refractivity contribution in [3.63, 3.8) is 0 Å². The number of rotatable bonds is 6. The number of hydrogen-bond acceptors (Lipinski definition) is 5. The van der Waals surface area contributed by atoms with Gasteiger partial charge in [0.2, 0.25) is 10.0 Å². The molecule has 140 valence electrons. The second-order valence-corrected chi connectivity index (χ2v) is 8.41. The van der Waals surface area contributed by atoms with Gasteiger partial charge < -0.3 is 10.0 Å². The first kappa shape index (κ1) is 19.4. The van der Waals surface area contributed by atoms with E-state index in [0.29, 0.717) is 24.2 Å². The number of aryl methyl sites for hydroxylation is 2. The molecule has 1 aliphatic heterocycles. The summed E-state index contributed by atoms with van der Waals surface area (Å²) in [5.41, 5.74) is 0.993. The Kier molecular flexibility index (Phi) is 5.83. The van der Waals surface area contributed by atoms with Gasteiger partial charge in [-0.1, -0.05) is 0 Å². The number of aromatic nitrogens is 2. The van der Waals surface area contributed by atoms with E-state index in [0.717, 1.165) is 0 Å². The van der Waals surface area contributed by atoms with E-state index in [1.165, 1.54) is 13.9 Å². The molecule has 1 amide bonds. The fourth-order valence-electron chi connectivity index (χ4n) is 3.08. The normalized spacial score (nSPS) is 16.8. The van der Waals surface area contributed by atoms with Crippen LogP contribution in [0.15, 0.2) is 6.07 Å². The molecule has 10 heteroatoms. The van der Waals surface area contributed by atoms with Crippen molar-refractivity contribution < 1.29 is 23.1 Å². The molecule has 2 rings (SSSR count). The van der Waals surface area contributed by atoms with Gasteiger partial charge in [0.25, 0.3) is 5.91 Å². The third-order valence-corrected chi connectivity index (χ3v) is 6.29. The summed E-state index contributed by atoms with van der Waals surface area (Å²) in [6.45, 7) is 3.50. The van der Waals surface area contributed by atoms with Gasteiger partial charge in [-0.25, -0.2) is 12.7 Å². The zero-order valence-electron chi connectivity index (χ0n) is 14.7. The summed E-state index contributed by atoms with van der Waals surface area (Å²) in [6.07, 6.45) is 0.824. The van der Waals surface area contributed by atoms with Crippen LogP contribution in [0, 0.1) is 6.92 Å². The SMILES string of the molecule is CCS(=O)(=O)N1CCC(N(CC(=O)O)C(=O)c2cc(C)nn2C)CC1. The fourth-order valence-corrected chi connectivity index (χ4v) is 4.22. The molecule has 0 spiro atoms. The highest BCUT2D eigenvalue weighted by Crippen LogP contribution is 2.21. The van der Waals surface area contributed by atoms with Crippen LogP contribution in [-0.2, 0) is 21.9 Å². The smallest absolute Gasteiger partial charge is 0.323 e. The van der Waals surface area contributed by atoms with Crippen LogP contribution in [0.4, 0.5) is 0 Å². The number of hydrogen-bond donors (Lipinski definition) is 1. The third kappa shape index (κ3) is 4.37. The van der Waals surface area contributed by atoms with Crippen LogP contribution in [0.3, 0.4) is 0 Å². The Morgan fingerprint density at radius 3 is 2.40 bits per heavy atom. The first-order chi connectivity index (χ1) is 11.7. The van der Waals surface area contributed by atoms with E-state index < -0.39 is 28.4 Å². The molecule has 0 radical (unpaired) electrons. The largest absolute Gasteiger partial charge is 0.480 e. The Bertz CT molecular complexity index is 750. The van der Waals surface area contributed by atoms with Gasteiger partial charge in [0.15, 0.2) is 0 Å². The number of carboxylic acid groups (broad SMARTS) is 1. The molecular weight excluding hydrogens is 348 g/mol. The van der Waals surface area contributed by atoms with Crippen LogP contribution < -0.4 is 0 Å². The average Bonchev–Trinajstić information content (AvgIpc) is 2.90. The van der Waals surface area contributed by atoms with Crippen molar-refractivity contribution in [3.05, 3.63) is 17.5 Å². The highest BCUT2D eigenvalue weighted by Gasteiger charge is 2.34. The maximum atomic E-state index is 12.8. The quantitative estimate of drug-likeness (QED) is 0.756. The van der Waals surface area contributed by atoms with Crippen molar-refractivity contribution in [1.82, 2.24) is 19.0 Å². The molecule has 1 aromatic heterocycles. The van der Waals surface area contributed by atoms with Crippen molar-refractivity contribution in [2.45, 2.75) is 32.7 Å². The third-order valence-electron chi connectivity index (χ3n) is 4.41. The molecule has 1 aromatic rings. The van der Waals surface area contributed by atoms with Gasteiger partial charge >= 0.3 is 5.97 Å². The number of amides is 1. The van der Waals surface area contributed by atoms with Gasteiger partial charge in [0.1, 0.15) is 12.2 Å². The van der Waals surface area contributed by atoms with Gasteiger partial charge in [-0.15, -0.1) is 0 Å². The van der Waals surface area contributed by atoms with E-state index in [4.69, 9.17) is 0 Å². The molecule has 0 saturated carbocycles. The predicted molar refractivity (Wildman–Crippen MR) is 90.7 cm³/mol. The number of nitrogens with zero attached hydrogens (tertiary/aromatic N) is 4. The highest BCUT2D eigenvalue weighted by molar-refractivity contribution is 7.89. The monoisotopic (exact) mass is 372 g/mol. The van der Waals surface area contributed by atoms with Crippen LogP contribution in [0.25, 0.3) is 0 Å². The van der Waals surface area contributed by atoms with Crippen molar-refractivity contribution in [2.24, 2.45) is 7.05 Å². The van der Waals surface area contributed by atoms with E-state index in [1.54, 1.807) is 27.0 Å². The molecule has 1 aliphatic rings. The highest BCUT2D eigenvalue weighted by atomic mass is 32.2. The number of carbonyl (C=O) groups is 2. The van der Waals surface area contributed by atoms with Crippen molar-refractivity contribution >= 4 is 21.9 Å². The lowest BCUT2D eigenvalue weighted by atomic mass is 10.0. The summed E-state index contributed by atoms with van der Waals surface area (Å²) in [7, 11) is -1.64. The predicted octanol–water partition coefficient (Wildman–Crippen LogP) is 0.0694. The van der Waals surface area contributed by atoms with E-state index in [1.807, 2.05) is 0 Å². The Morgan fingerprint density at radius 2 is 1.96 bits per heavy atom. The number of sulfonamides is 1. The van der Waals surface area contributed by atoms with Crippen LogP contribution in [0.2, 0.25) is 0 Å². The molecule has 0 atom stereocenters. The standard InChI is InChI=1S/C15H24N4O5S/c1-4-25(23,24)18-7-5-12(6-8-18)19(10-14(20)21)15(22)13-9-11(2)16-17(13)3/h9,12H,4-8,10H2,1-3H3,(H,20,21). The molecule has 0 aliphatic carbocycles. The first-order valence-electron chi connectivity index (χ1n) is 8.17. The Labute approximate surface area is 147 Å². The molecule has 25 heavy (non-hydrogen) atoms. The average molecular weight is 372 g/mol. The van der Waals surface area contributed by atoms with E-state index in [-0.39, 0.29) is 24.9 Å².